The average Bonchev–Trinajstić information content (AvgIpc) is 2.69. The lowest BCUT2D eigenvalue weighted by Gasteiger charge is -2.31. The van der Waals surface area contributed by atoms with E-state index in [4.69, 9.17) is 0 Å². The van der Waals surface area contributed by atoms with Crippen molar-refractivity contribution in [2.75, 3.05) is 41.9 Å². The van der Waals surface area contributed by atoms with E-state index in [0.29, 0.717) is 17.2 Å². The minimum Gasteiger partial charge on any atom is -0.383 e. The van der Waals surface area contributed by atoms with Gasteiger partial charge in [0.05, 0.1) is 16.2 Å². The van der Waals surface area contributed by atoms with Gasteiger partial charge < -0.3 is 15.5 Å². The van der Waals surface area contributed by atoms with Gasteiger partial charge in [0.1, 0.15) is 5.69 Å². The van der Waals surface area contributed by atoms with Gasteiger partial charge in [0.2, 0.25) is 0 Å². The van der Waals surface area contributed by atoms with Crippen LogP contribution < -0.4 is 15.5 Å². The lowest BCUT2D eigenvalue weighted by atomic mass is 9.87. The van der Waals surface area contributed by atoms with E-state index < -0.39 is 4.92 Å². The number of nitrogens with zero attached hydrogens (tertiary/aromatic N) is 2. The second-order valence-electron chi connectivity index (χ2n) is 7.42. The van der Waals surface area contributed by atoms with Crippen molar-refractivity contribution in [3.05, 3.63) is 27.8 Å². The molecule has 0 bridgehead atoms. The summed E-state index contributed by atoms with van der Waals surface area (Å²) in [5, 5.41) is 17.5. The highest BCUT2D eigenvalue weighted by molar-refractivity contribution is 7.99. The summed E-state index contributed by atoms with van der Waals surface area (Å²) < 4.78 is 0. The van der Waals surface area contributed by atoms with E-state index in [9.17, 15) is 14.9 Å². The summed E-state index contributed by atoms with van der Waals surface area (Å²) in [5.41, 5.74) is 1.57. The van der Waals surface area contributed by atoms with Crippen LogP contribution >= 0.6 is 11.8 Å². The molecular formula is C19H28N4O3S. The van der Waals surface area contributed by atoms with Gasteiger partial charge in [-0.1, -0.05) is 6.92 Å². The molecule has 1 aliphatic carbocycles. The van der Waals surface area contributed by atoms with E-state index in [1.54, 1.807) is 13.1 Å². The summed E-state index contributed by atoms with van der Waals surface area (Å²) in [4.78, 5) is 26.3. The molecule has 1 saturated carbocycles. The zero-order valence-electron chi connectivity index (χ0n) is 16.0. The van der Waals surface area contributed by atoms with Gasteiger partial charge in [0.25, 0.3) is 11.6 Å². The molecule has 0 radical (unpaired) electrons. The number of carbonyl (C=O) groups excluding carboxylic acids is 1. The van der Waals surface area contributed by atoms with Gasteiger partial charge in [-0.2, -0.15) is 11.8 Å². The van der Waals surface area contributed by atoms with E-state index in [-0.39, 0.29) is 17.6 Å². The number of nitro benzene ring substituents is 1. The second-order valence-corrected chi connectivity index (χ2v) is 8.65. The molecule has 8 heteroatoms. The van der Waals surface area contributed by atoms with Gasteiger partial charge in [0.15, 0.2) is 0 Å². The number of hydrogen-bond donors (Lipinski definition) is 2. The third-order valence-electron chi connectivity index (χ3n) is 5.53. The summed E-state index contributed by atoms with van der Waals surface area (Å²) in [6.45, 7) is 3.92. The number of benzene rings is 1. The fraction of sp³-hybridized carbons (Fsp3) is 0.632. The quantitative estimate of drug-likeness (QED) is 0.589. The van der Waals surface area contributed by atoms with Crippen LogP contribution in [0, 0.1) is 16.0 Å². The predicted octanol–water partition coefficient (Wildman–Crippen LogP) is 3.50. The number of amides is 1. The maximum absolute atomic E-state index is 13.0. The first-order valence-electron chi connectivity index (χ1n) is 9.63. The number of thioether (sulfide) groups is 1. The third kappa shape index (κ3) is 4.66. The molecule has 1 saturated heterocycles. The van der Waals surface area contributed by atoms with Crippen LogP contribution in [0.15, 0.2) is 12.1 Å². The summed E-state index contributed by atoms with van der Waals surface area (Å²) in [5.74, 6) is 2.49. The highest BCUT2D eigenvalue weighted by Gasteiger charge is 2.27. The van der Waals surface area contributed by atoms with Crippen molar-refractivity contribution in [3.8, 4) is 0 Å². The van der Waals surface area contributed by atoms with Crippen molar-refractivity contribution in [1.82, 2.24) is 5.32 Å². The number of carbonyl (C=O) groups is 1. The molecular weight excluding hydrogens is 364 g/mol. The first-order valence-corrected chi connectivity index (χ1v) is 10.8. The van der Waals surface area contributed by atoms with E-state index in [1.807, 2.05) is 11.8 Å². The molecule has 1 amide bonds. The minimum absolute atomic E-state index is 0.0601. The standard InChI is InChI=1S/C19H28N4O3S/c1-13-3-5-14(6-4-13)21-19(24)15-11-18(23(25)26)16(20-2)12-17(15)22-7-9-27-10-8-22/h11-14,20H,3-10H2,1-2H3,(H,21,24). The maximum atomic E-state index is 13.0. The molecule has 148 valence electrons. The number of hydrogen-bond acceptors (Lipinski definition) is 6. The molecule has 3 rings (SSSR count). The van der Waals surface area contributed by atoms with Crippen LogP contribution in [0.4, 0.5) is 17.1 Å². The molecule has 1 aliphatic heterocycles. The summed E-state index contributed by atoms with van der Waals surface area (Å²) >= 11 is 1.89. The first-order chi connectivity index (χ1) is 13.0. The molecule has 2 fully saturated rings. The molecule has 0 aromatic heterocycles. The normalized spacial score (nSPS) is 23.0. The molecule has 0 spiro atoms. The minimum atomic E-state index is -0.430. The Morgan fingerprint density at radius 1 is 1.22 bits per heavy atom. The molecule has 1 aromatic rings. The monoisotopic (exact) mass is 392 g/mol. The van der Waals surface area contributed by atoms with Gasteiger partial charge >= 0.3 is 0 Å². The van der Waals surface area contributed by atoms with Crippen molar-refractivity contribution in [1.29, 1.82) is 0 Å². The third-order valence-corrected chi connectivity index (χ3v) is 6.47. The topological polar surface area (TPSA) is 87.5 Å². The Morgan fingerprint density at radius 2 is 1.89 bits per heavy atom. The summed E-state index contributed by atoms with van der Waals surface area (Å²) in [6, 6.07) is 3.34. The molecule has 2 N–H and O–H groups in total. The van der Waals surface area contributed by atoms with Gasteiger partial charge in [-0.05, 0) is 37.7 Å². The van der Waals surface area contributed by atoms with Crippen LogP contribution in [-0.4, -0.2) is 48.5 Å². The predicted molar refractivity (Wildman–Crippen MR) is 111 cm³/mol. The second kappa shape index (κ2) is 8.82. The van der Waals surface area contributed by atoms with Crippen molar-refractivity contribution in [2.24, 2.45) is 5.92 Å². The zero-order valence-corrected chi connectivity index (χ0v) is 16.8. The Hall–Kier alpha value is -1.96. The molecule has 7 nitrogen and oxygen atoms in total. The van der Waals surface area contributed by atoms with Crippen molar-refractivity contribution >= 4 is 34.7 Å². The van der Waals surface area contributed by atoms with Crippen molar-refractivity contribution in [3.63, 3.8) is 0 Å². The number of nitrogens with one attached hydrogen (secondary N) is 2. The van der Waals surface area contributed by atoms with Crippen LogP contribution in [0.3, 0.4) is 0 Å². The molecule has 1 heterocycles. The lowest BCUT2D eigenvalue weighted by molar-refractivity contribution is -0.383. The number of rotatable bonds is 5. The molecule has 0 unspecified atom stereocenters. The lowest BCUT2D eigenvalue weighted by Crippen LogP contribution is -2.39. The van der Waals surface area contributed by atoms with Crippen LogP contribution in [-0.2, 0) is 0 Å². The van der Waals surface area contributed by atoms with Gasteiger partial charge in [0, 0.05) is 43.8 Å². The van der Waals surface area contributed by atoms with Crippen LogP contribution in [0.25, 0.3) is 0 Å². The van der Waals surface area contributed by atoms with E-state index in [1.165, 1.54) is 6.07 Å². The van der Waals surface area contributed by atoms with Crippen molar-refractivity contribution < 1.29 is 9.72 Å². The van der Waals surface area contributed by atoms with Crippen LogP contribution in [0.2, 0.25) is 0 Å². The fourth-order valence-electron chi connectivity index (χ4n) is 3.84. The van der Waals surface area contributed by atoms with Crippen LogP contribution in [0.5, 0.6) is 0 Å². The largest absolute Gasteiger partial charge is 0.383 e. The van der Waals surface area contributed by atoms with Gasteiger partial charge in [-0.3, -0.25) is 14.9 Å². The Labute approximate surface area is 164 Å². The van der Waals surface area contributed by atoms with Crippen LogP contribution in [0.1, 0.15) is 43.0 Å². The Balaban J connectivity index is 1.91. The van der Waals surface area contributed by atoms with Crippen molar-refractivity contribution in [2.45, 2.75) is 38.6 Å². The Bertz CT molecular complexity index is 698. The number of nitro groups is 1. The fourth-order valence-corrected chi connectivity index (χ4v) is 4.75. The summed E-state index contributed by atoms with van der Waals surface area (Å²) in [7, 11) is 1.67. The highest BCUT2D eigenvalue weighted by atomic mass is 32.2. The molecule has 27 heavy (non-hydrogen) atoms. The number of anilines is 2. The summed E-state index contributed by atoms with van der Waals surface area (Å²) in [6.07, 6.45) is 4.17. The molecule has 0 atom stereocenters. The Morgan fingerprint density at radius 3 is 2.48 bits per heavy atom. The molecule has 2 aliphatic rings. The average molecular weight is 393 g/mol. The van der Waals surface area contributed by atoms with Gasteiger partial charge in [-0.25, -0.2) is 0 Å². The van der Waals surface area contributed by atoms with E-state index >= 15 is 0 Å². The van der Waals surface area contributed by atoms with E-state index in [0.717, 1.165) is 56.0 Å². The molecule has 1 aromatic carbocycles. The zero-order chi connectivity index (χ0) is 19.4. The maximum Gasteiger partial charge on any atom is 0.293 e. The SMILES string of the molecule is CNc1cc(N2CCSCC2)c(C(=O)NC2CCC(C)CC2)cc1[N+](=O)[O-]. The highest BCUT2D eigenvalue weighted by Crippen LogP contribution is 2.35. The smallest absolute Gasteiger partial charge is 0.293 e. The Kier molecular flexibility index (Phi) is 6.46. The first kappa shape index (κ1) is 19.8. The van der Waals surface area contributed by atoms with Gasteiger partial charge in [-0.15, -0.1) is 0 Å². The van der Waals surface area contributed by atoms with E-state index in [2.05, 4.69) is 22.5 Å².